The molecule has 0 unspecified atom stereocenters. The smallest absolute Gasteiger partial charge is 0.150 e. The van der Waals surface area contributed by atoms with Crippen molar-refractivity contribution < 1.29 is 4.79 Å². The lowest BCUT2D eigenvalue weighted by molar-refractivity contribution is 0.112. The Morgan fingerprint density at radius 3 is 3.00 bits per heavy atom. The van der Waals surface area contributed by atoms with Crippen LogP contribution in [0.3, 0.4) is 0 Å². The van der Waals surface area contributed by atoms with Crippen LogP contribution in [0.2, 0.25) is 0 Å². The van der Waals surface area contributed by atoms with Gasteiger partial charge in [0.05, 0.1) is 0 Å². The van der Waals surface area contributed by atoms with Gasteiger partial charge < -0.3 is 0 Å². The molecule has 0 aliphatic carbocycles. The second-order valence-corrected chi connectivity index (χ2v) is 4.94. The second-order valence-electron chi connectivity index (χ2n) is 3.11. The highest BCUT2D eigenvalue weighted by Crippen LogP contribution is 2.24. The Morgan fingerprint density at radius 1 is 1.33 bits per heavy atom. The highest BCUT2D eigenvalue weighted by molar-refractivity contribution is 7.98. The second kappa shape index (κ2) is 5.14. The van der Waals surface area contributed by atoms with Crippen LogP contribution in [-0.2, 0) is 5.75 Å². The van der Waals surface area contributed by atoms with Gasteiger partial charge in [-0.25, -0.2) is 0 Å². The number of carbonyl (C=O) groups is 1. The summed E-state index contributed by atoms with van der Waals surface area (Å²) in [6.45, 7) is 0. The molecule has 2 aromatic rings. The van der Waals surface area contributed by atoms with E-state index in [4.69, 9.17) is 0 Å². The third-order valence-corrected chi connectivity index (χ3v) is 3.78. The zero-order valence-electron chi connectivity index (χ0n) is 8.05. The van der Waals surface area contributed by atoms with Crippen molar-refractivity contribution in [2.75, 3.05) is 0 Å². The first kappa shape index (κ1) is 10.5. The van der Waals surface area contributed by atoms with Crippen molar-refractivity contribution in [3.8, 4) is 0 Å². The summed E-state index contributed by atoms with van der Waals surface area (Å²) < 4.78 is 0. The molecular weight excluding hydrogens is 224 g/mol. The number of carbonyl (C=O) groups excluding carboxylic acids is 1. The quantitative estimate of drug-likeness (QED) is 0.590. The molecule has 0 atom stereocenters. The number of rotatable bonds is 4. The summed E-state index contributed by atoms with van der Waals surface area (Å²) in [5, 5.41) is 4.23. The summed E-state index contributed by atoms with van der Waals surface area (Å²) >= 11 is 3.47. The van der Waals surface area contributed by atoms with Gasteiger partial charge in [-0.05, 0) is 34.5 Å². The monoisotopic (exact) mass is 234 g/mol. The number of thiophene rings is 1. The molecule has 0 aliphatic rings. The van der Waals surface area contributed by atoms with Crippen molar-refractivity contribution in [1.29, 1.82) is 0 Å². The van der Waals surface area contributed by atoms with E-state index in [-0.39, 0.29) is 0 Å². The zero-order valence-corrected chi connectivity index (χ0v) is 9.68. The Hall–Kier alpha value is -1.06. The molecule has 0 aliphatic heterocycles. The number of hydrogen-bond donors (Lipinski definition) is 0. The summed E-state index contributed by atoms with van der Waals surface area (Å²) in [6, 6.07) is 9.82. The van der Waals surface area contributed by atoms with Crippen LogP contribution in [0.1, 0.15) is 15.9 Å². The van der Waals surface area contributed by atoms with E-state index in [0.717, 1.165) is 22.5 Å². The standard InChI is InChI=1S/C12H10OS2/c13-7-10-2-1-3-12(6-10)15-9-11-4-5-14-8-11/h1-8H,9H2. The van der Waals surface area contributed by atoms with E-state index >= 15 is 0 Å². The van der Waals surface area contributed by atoms with Crippen LogP contribution >= 0.6 is 23.1 Å². The molecule has 0 amide bonds. The minimum absolute atomic E-state index is 0.741. The molecular formula is C12H10OS2. The fourth-order valence-corrected chi connectivity index (χ4v) is 2.90. The first-order chi connectivity index (χ1) is 7.38. The molecule has 0 radical (unpaired) electrons. The van der Waals surface area contributed by atoms with E-state index in [9.17, 15) is 4.79 Å². The van der Waals surface area contributed by atoms with E-state index < -0.39 is 0 Å². The maximum Gasteiger partial charge on any atom is 0.150 e. The third-order valence-electron chi connectivity index (χ3n) is 1.98. The molecule has 0 bridgehead atoms. The zero-order chi connectivity index (χ0) is 10.5. The maximum absolute atomic E-state index is 10.6. The predicted molar refractivity (Wildman–Crippen MR) is 65.7 cm³/mol. The average Bonchev–Trinajstić information content (AvgIpc) is 2.79. The van der Waals surface area contributed by atoms with Crippen LogP contribution < -0.4 is 0 Å². The molecule has 3 heteroatoms. The summed E-state index contributed by atoms with van der Waals surface area (Å²) in [4.78, 5) is 11.7. The van der Waals surface area contributed by atoms with Gasteiger partial charge in [0.2, 0.25) is 0 Å². The SMILES string of the molecule is O=Cc1cccc(SCc2ccsc2)c1. The molecule has 0 saturated heterocycles. The molecule has 2 rings (SSSR count). The van der Waals surface area contributed by atoms with Crippen LogP contribution in [0.25, 0.3) is 0 Å². The fourth-order valence-electron chi connectivity index (χ4n) is 1.22. The lowest BCUT2D eigenvalue weighted by Crippen LogP contribution is -1.80. The lowest BCUT2D eigenvalue weighted by atomic mass is 10.2. The summed E-state index contributed by atoms with van der Waals surface area (Å²) in [6.07, 6.45) is 0.884. The van der Waals surface area contributed by atoms with E-state index in [1.807, 2.05) is 24.3 Å². The van der Waals surface area contributed by atoms with E-state index in [2.05, 4.69) is 16.8 Å². The Kier molecular flexibility index (Phi) is 3.59. The van der Waals surface area contributed by atoms with Crippen molar-refractivity contribution in [3.63, 3.8) is 0 Å². The molecule has 1 nitrogen and oxygen atoms in total. The van der Waals surface area contributed by atoms with Crippen LogP contribution in [0, 0.1) is 0 Å². The highest BCUT2D eigenvalue weighted by atomic mass is 32.2. The summed E-state index contributed by atoms with van der Waals surface area (Å²) in [7, 11) is 0. The predicted octanol–water partition coefficient (Wildman–Crippen LogP) is 3.85. The van der Waals surface area contributed by atoms with Gasteiger partial charge in [-0.1, -0.05) is 12.1 Å². The van der Waals surface area contributed by atoms with Gasteiger partial charge in [0.25, 0.3) is 0 Å². The van der Waals surface area contributed by atoms with Crippen molar-refractivity contribution in [2.45, 2.75) is 10.6 Å². The molecule has 0 saturated carbocycles. The van der Waals surface area contributed by atoms with Crippen molar-refractivity contribution in [2.24, 2.45) is 0 Å². The van der Waals surface area contributed by atoms with Crippen LogP contribution in [0.15, 0.2) is 46.0 Å². The number of aldehydes is 1. The van der Waals surface area contributed by atoms with Gasteiger partial charge in [0, 0.05) is 16.2 Å². The topological polar surface area (TPSA) is 17.1 Å². The summed E-state index contributed by atoms with van der Waals surface area (Å²) in [5.41, 5.74) is 2.08. The molecule has 1 heterocycles. The number of thioether (sulfide) groups is 1. The van der Waals surface area contributed by atoms with Gasteiger partial charge in [0.1, 0.15) is 6.29 Å². The maximum atomic E-state index is 10.6. The largest absolute Gasteiger partial charge is 0.298 e. The Labute approximate surface area is 97.1 Å². The molecule has 1 aromatic carbocycles. The molecule has 15 heavy (non-hydrogen) atoms. The van der Waals surface area contributed by atoms with E-state index in [1.165, 1.54) is 5.56 Å². The molecule has 0 spiro atoms. The minimum atomic E-state index is 0.741. The molecule has 0 fully saturated rings. The van der Waals surface area contributed by atoms with Crippen LogP contribution in [0.4, 0.5) is 0 Å². The normalized spacial score (nSPS) is 10.1. The first-order valence-electron chi connectivity index (χ1n) is 4.57. The van der Waals surface area contributed by atoms with Crippen molar-refractivity contribution >= 4 is 29.4 Å². The molecule has 0 N–H and O–H groups in total. The lowest BCUT2D eigenvalue weighted by Gasteiger charge is -2.00. The fraction of sp³-hybridized carbons (Fsp3) is 0.0833. The number of hydrogen-bond acceptors (Lipinski definition) is 3. The van der Waals surface area contributed by atoms with Gasteiger partial charge in [-0.2, -0.15) is 11.3 Å². The Bertz CT molecular complexity index is 435. The van der Waals surface area contributed by atoms with Crippen molar-refractivity contribution in [1.82, 2.24) is 0 Å². The summed E-state index contributed by atoms with van der Waals surface area (Å²) in [5.74, 6) is 0.964. The highest BCUT2D eigenvalue weighted by Gasteiger charge is 1.97. The van der Waals surface area contributed by atoms with Crippen molar-refractivity contribution in [3.05, 3.63) is 52.2 Å². The van der Waals surface area contributed by atoms with Gasteiger partial charge >= 0.3 is 0 Å². The van der Waals surface area contributed by atoms with Crippen LogP contribution in [-0.4, -0.2) is 6.29 Å². The van der Waals surface area contributed by atoms with Gasteiger partial charge in [-0.3, -0.25) is 4.79 Å². The minimum Gasteiger partial charge on any atom is -0.298 e. The molecule has 1 aromatic heterocycles. The third kappa shape index (κ3) is 2.94. The average molecular weight is 234 g/mol. The Balaban J connectivity index is 2.01. The van der Waals surface area contributed by atoms with E-state index in [1.54, 1.807) is 23.1 Å². The van der Waals surface area contributed by atoms with Crippen LogP contribution in [0.5, 0.6) is 0 Å². The Morgan fingerprint density at radius 2 is 2.27 bits per heavy atom. The first-order valence-corrected chi connectivity index (χ1v) is 6.50. The molecule has 76 valence electrons. The van der Waals surface area contributed by atoms with Gasteiger partial charge in [0.15, 0.2) is 0 Å². The van der Waals surface area contributed by atoms with Gasteiger partial charge in [-0.15, -0.1) is 11.8 Å². The van der Waals surface area contributed by atoms with E-state index in [0.29, 0.717) is 0 Å². The number of benzene rings is 1.